The molecule has 0 aliphatic carbocycles. The molecule has 1 saturated heterocycles. The minimum Gasteiger partial charge on any atom is -0.352 e. The molecule has 1 amide bonds. The van der Waals surface area contributed by atoms with Gasteiger partial charge in [-0.2, -0.15) is 0 Å². The number of amides is 1. The second kappa shape index (κ2) is 6.52. The number of pyridine rings is 1. The van der Waals surface area contributed by atoms with Crippen LogP contribution in [0.1, 0.15) is 16.8 Å². The molecule has 1 aliphatic rings. The van der Waals surface area contributed by atoms with E-state index >= 15 is 0 Å². The molecule has 126 valence electrons. The summed E-state index contributed by atoms with van der Waals surface area (Å²) in [5.74, 6) is -0.130. The molecule has 9 heteroatoms. The first-order valence-electron chi connectivity index (χ1n) is 7.43. The van der Waals surface area contributed by atoms with E-state index in [0.29, 0.717) is 17.8 Å². The van der Waals surface area contributed by atoms with Crippen LogP contribution < -0.4 is 10.9 Å². The van der Waals surface area contributed by atoms with Gasteiger partial charge in [-0.15, -0.1) is 0 Å². The van der Waals surface area contributed by atoms with Gasteiger partial charge in [-0.1, -0.05) is 0 Å². The lowest BCUT2D eigenvalue weighted by molar-refractivity contribution is 0.0946. The Morgan fingerprint density at radius 1 is 1.38 bits per heavy atom. The van der Waals surface area contributed by atoms with Crippen LogP contribution in [0, 0.1) is 5.92 Å². The van der Waals surface area contributed by atoms with E-state index in [-0.39, 0.29) is 29.5 Å². The van der Waals surface area contributed by atoms with Crippen molar-refractivity contribution in [3.63, 3.8) is 0 Å². The first-order valence-corrected chi connectivity index (χ1v) is 9.25. The lowest BCUT2D eigenvalue weighted by Crippen LogP contribution is -2.33. The highest BCUT2D eigenvalue weighted by Crippen LogP contribution is 2.17. The minimum absolute atomic E-state index is 0.0713. The molecule has 1 aliphatic heterocycles. The maximum Gasteiger partial charge on any atom is 0.264 e. The van der Waals surface area contributed by atoms with Crippen molar-refractivity contribution in [1.82, 2.24) is 20.3 Å². The average molecular weight is 348 g/mol. The van der Waals surface area contributed by atoms with Crippen LogP contribution >= 0.6 is 0 Å². The van der Waals surface area contributed by atoms with Crippen LogP contribution in [0.4, 0.5) is 0 Å². The van der Waals surface area contributed by atoms with Crippen LogP contribution in [0.15, 0.2) is 35.5 Å². The molecule has 1 fully saturated rings. The Bertz CT molecular complexity index is 909. The molecule has 2 aromatic heterocycles. The lowest BCUT2D eigenvalue weighted by Gasteiger charge is -2.09. The van der Waals surface area contributed by atoms with Gasteiger partial charge < -0.3 is 10.3 Å². The second-order valence-corrected chi connectivity index (χ2v) is 7.92. The van der Waals surface area contributed by atoms with Gasteiger partial charge >= 0.3 is 0 Å². The van der Waals surface area contributed by atoms with Crippen molar-refractivity contribution >= 4 is 15.7 Å². The summed E-state index contributed by atoms with van der Waals surface area (Å²) in [4.78, 5) is 34.8. The van der Waals surface area contributed by atoms with Gasteiger partial charge in [0.25, 0.3) is 11.5 Å². The number of nitrogens with one attached hydrogen (secondary N) is 2. The van der Waals surface area contributed by atoms with Gasteiger partial charge in [-0.25, -0.2) is 13.4 Å². The molecule has 0 radical (unpaired) electrons. The first kappa shape index (κ1) is 16.3. The van der Waals surface area contributed by atoms with E-state index in [9.17, 15) is 18.0 Å². The van der Waals surface area contributed by atoms with Crippen molar-refractivity contribution < 1.29 is 13.2 Å². The third-order valence-corrected chi connectivity index (χ3v) is 5.69. The van der Waals surface area contributed by atoms with Gasteiger partial charge in [0.05, 0.1) is 11.5 Å². The number of aromatic nitrogens is 3. The Morgan fingerprint density at radius 3 is 2.83 bits per heavy atom. The summed E-state index contributed by atoms with van der Waals surface area (Å²) >= 11 is 0. The van der Waals surface area contributed by atoms with Crippen LogP contribution in [0.2, 0.25) is 0 Å². The number of sulfone groups is 1. The van der Waals surface area contributed by atoms with E-state index in [4.69, 9.17) is 0 Å². The summed E-state index contributed by atoms with van der Waals surface area (Å²) in [5.41, 5.74) is -0.0263. The largest absolute Gasteiger partial charge is 0.352 e. The van der Waals surface area contributed by atoms with Gasteiger partial charge in [0.1, 0.15) is 11.4 Å². The molecule has 0 aromatic carbocycles. The normalized spacial score (nSPS) is 19.1. The van der Waals surface area contributed by atoms with Gasteiger partial charge in [0.2, 0.25) is 0 Å². The van der Waals surface area contributed by atoms with Gasteiger partial charge in [-0.3, -0.25) is 14.6 Å². The summed E-state index contributed by atoms with van der Waals surface area (Å²) in [7, 11) is -2.99. The number of hydrogen-bond acceptors (Lipinski definition) is 6. The molecule has 3 heterocycles. The molecule has 1 unspecified atom stereocenters. The van der Waals surface area contributed by atoms with Crippen molar-refractivity contribution in [2.45, 2.75) is 6.42 Å². The van der Waals surface area contributed by atoms with Crippen LogP contribution in [0.3, 0.4) is 0 Å². The van der Waals surface area contributed by atoms with Gasteiger partial charge in [0, 0.05) is 30.7 Å². The summed E-state index contributed by atoms with van der Waals surface area (Å²) in [5, 5.41) is 2.60. The molecular weight excluding hydrogens is 332 g/mol. The SMILES string of the molecule is O=C(NCC1CCS(=O)(=O)C1)c1cnc(-c2cccnc2)[nH]c1=O. The van der Waals surface area contributed by atoms with Crippen molar-refractivity contribution in [3.8, 4) is 11.4 Å². The fourth-order valence-electron chi connectivity index (χ4n) is 2.57. The Balaban J connectivity index is 1.69. The lowest BCUT2D eigenvalue weighted by atomic mass is 10.1. The Labute approximate surface area is 138 Å². The summed E-state index contributed by atoms with van der Waals surface area (Å²) < 4.78 is 22.8. The van der Waals surface area contributed by atoms with E-state index in [2.05, 4.69) is 20.3 Å². The standard InChI is InChI=1S/C15H16N4O4S/c20-14(18-6-10-3-5-24(22,23)9-10)12-8-17-13(19-15(12)21)11-2-1-4-16-7-11/h1-2,4,7-8,10H,3,5-6,9H2,(H,18,20)(H,17,19,21). The Morgan fingerprint density at radius 2 is 2.21 bits per heavy atom. The molecule has 2 N–H and O–H groups in total. The fraction of sp³-hybridized carbons (Fsp3) is 0.333. The van der Waals surface area contributed by atoms with Crippen LogP contribution in [-0.2, 0) is 9.84 Å². The van der Waals surface area contributed by atoms with Crippen LogP contribution in [0.25, 0.3) is 11.4 Å². The maximum atomic E-state index is 12.1. The number of hydrogen-bond donors (Lipinski definition) is 2. The molecule has 24 heavy (non-hydrogen) atoms. The monoisotopic (exact) mass is 348 g/mol. The Kier molecular flexibility index (Phi) is 4.43. The molecule has 2 aromatic rings. The molecule has 1 atom stereocenters. The summed E-state index contributed by atoms with van der Waals surface area (Å²) in [6, 6.07) is 3.46. The third kappa shape index (κ3) is 3.67. The van der Waals surface area contributed by atoms with Crippen LogP contribution in [0.5, 0.6) is 0 Å². The van der Waals surface area contributed by atoms with Crippen molar-refractivity contribution in [2.24, 2.45) is 5.92 Å². The minimum atomic E-state index is -2.99. The van der Waals surface area contributed by atoms with Crippen molar-refractivity contribution in [1.29, 1.82) is 0 Å². The molecule has 0 saturated carbocycles. The van der Waals surface area contributed by atoms with Crippen molar-refractivity contribution in [3.05, 3.63) is 46.6 Å². The molecule has 8 nitrogen and oxygen atoms in total. The molecule has 0 spiro atoms. The number of nitrogens with zero attached hydrogens (tertiary/aromatic N) is 2. The number of rotatable bonds is 4. The van der Waals surface area contributed by atoms with Gasteiger partial charge in [0.15, 0.2) is 9.84 Å². The van der Waals surface area contributed by atoms with E-state index in [0.717, 1.165) is 0 Å². The highest BCUT2D eigenvalue weighted by molar-refractivity contribution is 7.91. The number of aromatic amines is 1. The maximum absolute atomic E-state index is 12.1. The van der Waals surface area contributed by atoms with E-state index in [1.54, 1.807) is 24.5 Å². The topological polar surface area (TPSA) is 122 Å². The zero-order valence-corrected chi connectivity index (χ0v) is 13.5. The zero-order chi connectivity index (χ0) is 17.2. The predicted octanol–water partition coefficient (Wildman–Crippen LogP) is -0.00360. The van der Waals surface area contributed by atoms with E-state index in [1.165, 1.54) is 6.20 Å². The number of carbonyl (C=O) groups is 1. The number of H-pyrrole nitrogens is 1. The predicted molar refractivity (Wildman–Crippen MR) is 87.2 cm³/mol. The molecular formula is C15H16N4O4S. The van der Waals surface area contributed by atoms with Crippen LogP contribution in [-0.4, -0.2) is 47.3 Å². The summed E-state index contributed by atoms with van der Waals surface area (Å²) in [6.45, 7) is 0.224. The highest BCUT2D eigenvalue weighted by Gasteiger charge is 2.28. The molecule has 0 bridgehead atoms. The average Bonchev–Trinajstić information content (AvgIpc) is 2.92. The quantitative estimate of drug-likeness (QED) is 0.802. The zero-order valence-electron chi connectivity index (χ0n) is 12.7. The van der Waals surface area contributed by atoms with E-state index < -0.39 is 21.3 Å². The highest BCUT2D eigenvalue weighted by atomic mass is 32.2. The fourth-order valence-corrected chi connectivity index (χ4v) is 4.43. The first-order chi connectivity index (χ1) is 11.4. The smallest absolute Gasteiger partial charge is 0.264 e. The Hall–Kier alpha value is -2.55. The second-order valence-electron chi connectivity index (χ2n) is 5.70. The third-order valence-electron chi connectivity index (χ3n) is 3.86. The van der Waals surface area contributed by atoms with Gasteiger partial charge in [-0.05, 0) is 24.5 Å². The van der Waals surface area contributed by atoms with E-state index in [1.807, 2.05) is 0 Å². The molecule has 3 rings (SSSR count). The summed E-state index contributed by atoms with van der Waals surface area (Å²) in [6.07, 6.45) is 4.89. The number of carbonyl (C=O) groups excluding carboxylic acids is 1. The van der Waals surface area contributed by atoms with Crippen molar-refractivity contribution in [2.75, 3.05) is 18.1 Å².